The third-order valence-electron chi connectivity index (χ3n) is 3.96. The molecule has 0 aromatic heterocycles. The molecule has 1 atom stereocenters. The first-order chi connectivity index (χ1) is 10.3. The standard InChI is InChI=1S/C21H33N/c1-8-21(6,22-7)17-11-16-20(5)15-10-14-19(4)13-9-12-18(2)3/h8,12,14,16H,1,9-11,13,15,17H2,2-6H3/b19-14+,20-16+. The average Bonchev–Trinajstić information content (AvgIpc) is 2.46. The van der Waals surface area contributed by atoms with Gasteiger partial charge in [0.25, 0.3) is 0 Å². The summed E-state index contributed by atoms with van der Waals surface area (Å²) in [4.78, 5) is 3.65. The van der Waals surface area contributed by atoms with E-state index in [1.54, 1.807) is 6.08 Å². The fraction of sp³-hybridized carbons (Fsp3) is 0.571. The Balaban J connectivity index is 4.10. The highest BCUT2D eigenvalue weighted by Crippen LogP contribution is 2.20. The maximum Gasteiger partial charge on any atom is 0.248 e. The van der Waals surface area contributed by atoms with Gasteiger partial charge in [-0.1, -0.05) is 41.5 Å². The summed E-state index contributed by atoms with van der Waals surface area (Å²) in [5.74, 6) is 0. The molecule has 22 heavy (non-hydrogen) atoms. The number of rotatable bonds is 10. The van der Waals surface area contributed by atoms with Gasteiger partial charge in [0, 0.05) is 13.3 Å². The maximum atomic E-state index is 7.20. The van der Waals surface area contributed by atoms with Gasteiger partial charge in [-0.3, -0.25) is 0 Å². The highest BCUT2D eigenvalue weighted by Gasteiger charge is 2.23. The van der Waals surface area contributed by atoms with Crippen LogP contribution < -0.4 is 0 Å². The largest absolute Gasteiger partial charge is 0.306 e. The summed E-state index contributed by atoms with van der Waals surface area (Å²) in [6.07, 6.45) is 15.1. The summed E-state index contributed by atoms with van der Waals surface area (Å²) < 4.78 is 0. The summed E-state index contributed by atoms with van der Waals surface area (Å²) in [7, 11) is 0. The van der Waals surface area contributed by atoms with Crippen LogP contribution in [0.4, 0.5) is 0 Å². The van der Waals surface area contributed by atoms with Crippen molar-refractivity contribution in [2.45, 2.75) is 78.7 Å². The Morgan fingerprint density at radius 1 is 0.955 bits per heavy atom. The van der Waals surface area contributed by atoms with Gasteiger partial charge in [-0.05, 0) is 65.9 Å². The SMILES string of the molecule is [C-]#[N+]C(C)(C=C)CC/C=C(\C)CC/C=C(\C)CCC=C(C)C. The monoisotopic (exact) mass is 299 g/mol. The molecule has 0 aromatic rings. The Hall–Kier alpha value is -1.55. The Labute approximate surface area is 138 Å². The van der Waals surface area contributed by atoms with Crippen LogP contribution in [-0.4, -0.2) is 5.54 Å². The van der Waals surface area contributed by atoms with E-state index in [2.05, 4.69) is 57.3 Å². The normalized spacial score (nSPS) is 14.9. The lowest BCUT2D eigenvalue weighted by Gasteiger charge is -2.10. The molecule has 0 aliphatic heterocycles. The highest BCUT2D eigenvalue weighted by atomic mass is 14.8. The van der Waals surface area contributed by atoms with Gasteiger partial charge in [-0.25, -0.2) is 6.57 Å². The van der Waals surface area contributed by atoms with E-state index in [0.29, 0.717) is 0 Å². The average molecular weight is 300 g/mol. The molecule has 0 aliphatic rings. The van der Waals surface area contributed by atoms with E-state index < -0.39 is 5.54 Å². The zero-order valence-corrected chi connectivity index (χ0v) is 15.2. The first kappa shape index (κ1) is 20.5. The molecular weight excluding hydrogens is 266 g/mol. The molecule has 1 nitrogen and oxygen atoms in total. The molecule has 1 heteroatoms. The first-order valence-corrected chi connectivity index (χ1v) is 8.30. The third-order valence-corrected chi connectivity index (χ3v) is 3.96. The first-order valence-electron chi connectivity index (χ1n) is 8.30. The smallest absolute Gasteiger partial charge is 0.248 e. The van der Waals surface area contributed by atoms with Gasteiger partial charge in [0.15, 0.2) is 0 Å². The Bertz CT molecular complexity index is 467. The minimum atomic E-state index is -0.405. The van der Waals surface area contributed by atoms with Gasteiger partial charge >= 0.3 is 0 Å². The summed E-state index contributed by atoms with van der Waals surface area (Å²) >= 11 is 0. The lowest BCUT2D eigenvalue weighted by Crippen LogP contribution is -2.14. The molecule has 0 N–H and O–H groups in total. The summed E-state index contributed by atoms with van der Waals surface area (Å²) in [5.41, 5.74) is 3.90. The number of hydrogen-bond acceptors (Lipinski definition) is 0. The number of nitrogens with zero attached hydrogens (tertiary/aromatic N) is 1. The van der Waals surface area contributed by atoms with Gasteiger partial charge in [-0.2, -0.15) is 0 Å². The molecule has 122 valence electrons. The predicted molar refractivity (Wildman–Crippen MR) is 99.9 cm³/mol. The van der Waals surface area contributed by atoms with Gasteiger partial charge in [0.1, 0.15) is 0 Å². The van der Waals surface area contributed by atoms with E-state index in [-0.39, 0.29) is 0 Å². The van der Waals surface area contributed by atoms with Crippen LogP contribution in [0.3, 0.4) is 0 Å². The minimum absolute atomic E-state index is 0.405. The Morgan fingerprint density at radius 2 is 1.45 bits per heavy atom. The zero-order chi connectivity index (χ0) is 17.0. The second-order valence-corrected chi connectivity index (χ2v) is 6.67. The van der Waals surface area contributed by atoms with Crippen LogP contribution in [0.5, 0.6) is 0 Å². The molecule has 0 fully saturated rings. The summed E-state index contributed by atoms with van der Waals surface area (Å²) in [6.45, 7) is 21.6. The van der Waals surface area contributed by atoms with Crippen molar-refractivity contribution in [1.29, 1.82) is 0 Å². The van der Waals surface area contributed by atoms with E-state index in [1.165, 1.54) is 16.7 Å². The topological polar surface area (TPSA) is 4.36 Å². The van der Waals surface area contributed by atoms with Crippen LogP contribution in [0.15, 0.2) is 47.6 Å². The zero-order valence-electron chi connectivity index (χ0n) is 15.2. The number of allylic oxidation sites excluding steroid dienone is 6. The van der Waals surface area contributed by atoms with E-state index in [1.807, 2.05) is 6.92 Å². The van der Waals surface area contributed by atoms with Crippen molar-refractivity contribution in [2.24, 2.45) is 0 Å². The van der Waals surface area contributed by atoms with Crippen LogP contribution in [0.25, 0.3) is 4.85 Å². The molecule has 0 rings (SSSR count). The second-order valence-electron chi connectivity index (χ2n) is 6.67. The molecular formula is C21H33N. The highest BCUT2D eigenvalue weighted by molar-refractivity contribution is 5.10. The van der Waals surface area contributed by atoms with Crippen molar-refractivity contribution >= 4 is 0 Å². The van der Waals surface area contributed by atoms with Crippen LogP contribution in [0, 0.1) is 6.57 Å². The van der Waals surface area contributed by atoms with Gasteiger partial charge < -0.3 is 4.85 Å². The van der Waals surface area contributed by atoms with Crippen molar-refractivity contribution in [2.75, 3.05) is 0 Å². The molecule has 0 bridgehead atoms. The molecule has 0 radical (unpaired) electrons. The van der Waals surface area contributed by atoms with E-state index in [4.69, 9.17) is 6.57 Å². The molecule has 0 saturated carbocycles. The fourth-order valence-electron chi connectivity index (χ4n) is 2.15. The molecule has 0 aromatic carbocycles. The van der Waals surface area contributed by atoms with Crippen molar-refractivity contribution < 1.29 is 0 Å². The van der Waals surface area contributed by atoms with Crippen LogP contribution >= 0.6 is 0 Å². The molecule has 0 amide bonds. The van der Waals surface area contributed by atoms with Crippen molar-refractivity contribution in [3.05, 3.63) is 59.0 Å². The van der Waals surface area contributed by atoms with E-state index in [0.717, 1.165) is 38.5 Å². The van der Waals surface area contributed by atoms with Crippen LogP contribution in [0.1, 0.15) is 73.1 Å². The number of hydrogen-bond donors (Lipinski definition) is 0. The third kappa shape index (κ3) is 10.2. The predicted octanol–water partition coefficient (Wildman–Crippen LogP) is 7.05. The summed E-state index contributed by atoms with van der Waals surface area (Å²) in [6, 6.07) is 0. The van der Waals surface area contributed by atoms with Crippen LogP contribution in [-0.2, 0) is 0 Å². The summed E-state index contributed by atoms with van der Waals surface area (Å²) in [5, 5.41) is 0. The van der Waals surface area contributed by atoms with Gasteiger partial charge in [0.2, 0.25) is 5.54 Å². The van der Waals surface area contributed by atoms with Crippen LogP contribution in [0.2, 0.25) is 0 Å². The molecule has 1 unspecified atom stereocenters. The minimum Gasteiger partial charge on any atom is -0.306 e. The Morgan fingerprint density at radius 3 is 1.91 bits per heavy atom. The molecule has 0 aliphatic carbocycles. The van der Waals surface area contributed by atoms with Crippen molar-refractivity contribution in [3.63, 3.8) is 0 Å². The van der Waals surface area contributed by atoms with Crippen molar-refractivity contribution in [3.8, 4) is 0 Å². The second kappa shape index (κ2) is 11.1. The fourth-order valence-corrected chi connectivity index (χ4v) is 2.15. The lowest BCUT2D eigenvalue weighted by molar-refractivity contribution is 0.623. The molecule has 0 spiro atoms. The molecule has 0 heterocycles. The maximum absolute atomic E-state index is 7.20. The quantitative estimate of drug-likeness (QED) is 0.301. The lowest BCUT2D eigenvalue weighted by atomic mass is 9.96. The van der Waals surface area contributed by atoms with Crippen molar-refractivity contribution in [1.82, 2.24) is 0 Å². The van der Waals surface area contributed by atoms with Gasteiger partial charge in [-0.15, -0.1) is 0 Å². The Kier molecular flexibility index (Phi) is 10.3. The van der Waals surface area contributed by atoms with E-state index in [9.17, 15) is 0 Å². The van der Waals surface area contributed by atoms with E-state index >= 15 is 0 Å². The molecule has 0 saturated heterocycles. The van der Waals surface area contributed by atoms with Gasteiger partial charge in [0.05, 0.1) is 0 Å².